The van der Waals surface area contributed by atoms with Gasteiger partial charge in [-0.3, -0.25) is 4.79 Å². The first-order valence-corrected chi connectivity index (χ1v) is 9.51. The Bertz CT molecular complexity index is 825. The molecule has 2 aromatic rings. The second kappa shape index (κ2) is 7.03. The van der Waals surface area contributed by atoms with Crippen molar-refractivity contribution in [2.45, 2.75) is 18.4 Å². The SMILES string of the molecule is O=C(c1cccc(-c2cccc(Cl)c2)c1)N1CC[C@@]2(O)CCNC[C@H]2C1. The lowest BCUT2D eigenvalue weighted by atomic mass is 9.76. The lowest BCUT2D eigenvalue weighted by Crippen LogP contribution is -2.59. The molecular formula is C21H23ClN2O2. The van der Waals surface area contributed by atoms with Gasteiger partial charge in [0, 0.05) is 36.1 Å². The summed E-state index contributed by atoms with van der Waals surface area (Å²) in [4.78, 5) is 14.9. The highest BCUT2D eigenvalue weighted by atomic mass is 35.5. The van der Waals surface area contributed by atoms with Crippen LogP contribution in [0, 0.1) is 5.92 Å². The number of piperidine rings is 2. The van der Waals surface area contributed by atoms with Crippen LogP contribution in [0.2, 0.25) is 5.02 Å². The number of amides is 1. The van der Waals surface area contributed by atoms with Gasteiger partial charge in [-0.25, -0.2) is 0 Å². The predicted octanol–water partition coefficient (Wildman–Crippen LogP) is 3.19. The van der Waals surface area contributed by atoms with E-state index in [1.54, 1.807) is 0 Å². The van der Waals surface area contributed by atoms with Gasteiger partial charge in [0.1, 0.15) is 0 Å². The molecule has 0 aliphatic carbocycles. The fourth-order valence-electron chi connectivity index (χ4n) is 4.09. The number of aliphatic hydroxyl groups is 1. The first-order valence-electron chi connectivity index (χ1n) is 9.13. The van der Waals surface area contributed by atoms with E-state index in [1.165, 1.54) is 0 Å². The fraction of sp³-hybridized carbons (Fsp3) is 0.381. The molecule has 2 aliphatic heterocycles. The minimum Gasteiger partial charge on any atom is -0.389 e. The van der Waals surface area contributed by atoms with Crippen LogP contribution >= 0.6 is 11.6 Å². The van der Waals surface area contributed by atoms with Crippen molar-refractivity contribution in [3.63, 3.8) is 0 Å². The minimum atomic E-state index is -0.620. The molecule has 136 valence electrons. The van der Waals surface area contributed by atoms with Crippen molar-refractivity contribution >= 4 is 17.5 Å². The summed E-state index contributed by atoms with van der Waals surface area (Å²) in [5.74, 6) is 0.131. The Morgan fingerprint density at radius 1 is 1.15 bits per heavy atom. The third-order valence-electron chi connectivity index (χ3n) is 5.70. The number of halogens is 1. The average molecular weight is 371 g/mol. The quantitative estimate of drug-likeness (QED) is 0.853. The van der Waals surface area contributed by atoms with Gasteiger partial charge in [-0.15, -0.1) is 0 Å². The zero-order valence-electron chi connectivity index (χ0n) is 14.6. The van der Waals surface area contributed by atoms with Gasteiger partial charge in [-0.2, -0.15) is 0 Å². The Kier molecular flexibility index (Phi) is 4.74. The van der Waals surface area contributed by atoms with Crippen LogP contribution in [-0.2, 0) is 0 Å². The molecule has 0 saturated carbocycles. The highest BCUT2D eigenvalue weighted by Crippen LogP contribution is 2.33. The van der Waals surface area contributed by atoms with Crippen LogP contribution in [-0.4, -0.2) is 47.7 Å². The summed E-state index contributed by atoms with van der Waals surface area (Å²) >= 11 is 6.09. The van der Waals surface area contributed by atoms with Gasteiger partial charge >= 0.3 is 0 Å². The number of likely N-dealkylation sites (tertiary alicyclic amines) is 1. The van der Waals surface area contributed by atoms with Gasteiger partial charge < -0.3 is 15.3 Å². The Hall–Kier alpha value is -1.88. The van der Waals surface area contributed by atoms with Crippen LogP contribution in [0.15, 0.2) is 48.5 Å². The molecular weight excluding hydrogens is 348 g/mol. The van der Waals surface area contributed by atoms with Gasteiger partial charge in [-0.05, 0) is 54.8 Å². The number of carbonyl (C=O) groups is 1. The van der Waals surface area contributed by atoms with E-state index < -0.39 is 5.60 Å². The van der Waals surface area contributed by atoms with Crippen LogP contribution < -0.4 is 5.32 Å². The number of nitrogens with zero attached hydrogens (tertiary/aromatic N) is 1. The normalized spacial score (nSPS) is 25.6. The van der Waals surface area contributed by atoms with E-state index in [0.29, 0.717) is 30.1 Å². The smallest absolute Gasteiger partial charge is 0.253 e. The third-order valence-corrected chi connectivity index (χ3v) is 5.93. The van der Waals surface area contributed by atoms with E-state index in [-0.39, 0.29) is 11.8 Å². The summed E-state index contributed by atoms with van der Waals surface area (Å²) in [7, 11) is 0. The van der Waals surface area contributed by atoms with Crippen molar-refractivity contribution in [2.75, 3.05) is 26.2 Å². The summed E-state index contributed by atoms with van der Waals surface area (Å²) in [6, 6.07) is 15.3. The maximum Gasteiger partial charge on any atom is 0.253 e. The number of nitrogens with one attached hydrogen (secondary N) is 1. The molecule has 4 nitrogen and oxygen atoms in total. The highest BCUT2D eigenvalue weighted by molar-refractivity contribution is 6.30. The van der Waals surface area contributed by atoms with Gasteiger partial charge in [0.25, 0.3) is 5.91 Å². The summed E-state index contributed by atoms with van der Waals surface area (Å²) < 4.78 is 0. The number of fused-ring (bicyclic) bond motifs is 1. The second-order valence-corrected chi connectivity index (χ2v) is 7.78. The molecule has 26 heavy (non-hydrogen) atoms. The number of rotatable bonds is 2. The fourth-order valence-corrected chi connectivity index (χ4v) is 4.28. The summed E-state index contributed by atoms with van der Waals surface area (Å²) in [5, 5.41) is 14.8. The van der Waals surface area contributed by atoms with Crippen LogP contribution in [0.5, 0.6) is 0 Å². The lowest BCUT2D eigenvalue weighted by molar-refractivity contribution is -0.0817. The minimum absolute atomic E-state index is 0.0292. The van der Waals surface area contributed by atoms with E-state index in [0.717, 1.165) is 30.6 Å². The van der Waals surface area contributed by atoms with Crippen molar-refractivity contribution in [3.8, 4) is 11.1 Å². The van der Waals surface area contributed by atoms with E-state index in [9.17, 15) is 9.90 Å². The average Bonchev–Trinajstić information content (AvgIpc) is 2.67. The topological polar surface area (TPSA) is 52.6 Å². The summed E-state index contributed by atoms with van der Waals surface area (Å²) in [6.45, 7) is 2.82. The number of benzene rings is 2. The Morgan fingerprint density at radius 2 is 1.92 bits per heavy atom. The Balaban J connectivity index is 1.54. The first kappa shape index (κ1) is 17.5. The monoisotopic (exact) mass is 370 g/mol. The molecule has 2 aromatic carbocycles. The molecule has 2 aliphatic rings. The lowest BCUT2D eigenvalue weighted by Gasteiger charge is -2.47. The molecule has 2 heterocycles. The number of hydrogen-bond donors (Lipinski definition) is 2. The molecule has 2 atom stereocenters. The van der Waals surface area contributed by atoms with E-state index >= 15 is 0 Å². The van der Waals surface area contributed by atoms with Crippen LogP contribution in [0.25, 0.3) is 11.1 Å². The molecule has 1 amide bonds. The van der Waals surface area contributed by atoms with Gasteiger partial charge in [0.05, 0.1) is 5.60 Å². The molecule has 2 N–H and O–H groups in total. The van der Waals surface area contributed by atoms with Crippen LogP contribution in [0.1, 0.15) is 23.2 Å². The maximum absolute atomic E-state index is 13.0. The van der Waals surface area contributed by atoms with Crippen LogP contribution in [0.4, 0.5) is 0 Å². The Labute approximate surface area is 158 Å². The zero-order chi connectivity index (χ0) is 18.1. The van der Waals surface area contributed by atoms with Gasteiger partial charge in [0.15, 0.2) is 0 Å². The Morgan fingerprint density at radius 3 is 2.73 bits per heavy atom. The zero-order valence-corrected chi connectivity index (χ0v) is 15.4. The largest absolute Gasteiger partial charge is 0.389 e. The molecule has 4 rings (SSSR count). The molecule has 0 aromatic heterocycles. The maximum atomic E-state index is 13.0. The summed E-state index contributed by atoms with van der Waals surface area (Å²) in [5.41, 5.74) is 2.03. The molecule has 0 spiro atoms. The van der Waals surface area contributed by atoms with Crippen molar-refractivity contribution in [2.24, 2.45) is 5.92 Å². The molecule has 0 radical (unpaired) electrons. The van der Waals surface area contributed by atoms with Gasteiger partial charge in [-0.1, -0.05) is 35.9 Å². The molecule has 2 saturated heterocycles. The van der Waals surface area contributed by atoms with Crippen molar-refractivity contribution < 1.29 is 9.90 Å². The summed E-state index contributed by atoms with van der Waals surface area (Å²) in [6.07, 6.45) is 1.42. The predicted molar refractivity (Wildman–Crippen MR) is 103 cm³/mol. The van der Waals surface area contributed by atoms with Crippen molar-refractivity contribution in [3.05, 3.63) is 59.1 Å². The number of carbonyl (C=O) groups excluding carboxylic acids is 1. The highest BCUT2D eigenvalue weighted by Gasteiger charge is 2.43. The van der Waals surface area contributed by atoms with E-state index in [1.807, 2.05) is 53.4 Å². The molecule has 5 heteroatoms. The number of hydrogen-bond acceptors (Lipinski definition) is 3. The van der Waals surface area contributed by atoms with E-state index in [2.05, 4.69) is 5.32 Å². The second-order valence-electron chi connectivity index (χ2n) is 7.35. The molecule has 0 unspecified atom stereocenters. The van der Waals surface area contributed by atoms with Crippen LogP contribution in [0.3, 0.4) is 0 Å². The molecule has 0 bridgehead atoms. The van der Waals surface area contributed by atoms with Crippen molar-refractivity contribution in [1.29, 1.82) is 0 Å². The van der Waals surface area contributed by atoms with Gasteiger partial charge in [0.2, 0.25) is 0 Å². The standard InChI is InChI=1S/C21H23ClN2O2/c22-19-6-2-4-16(12-19)15-3-1-5-17(11-15)20(25)24-10-8-21(26)7-9-23-13-18(21)14-24/h1-6,11-12,18,23,26H,7-10,13-14H2/t18-,21-/m0/s1. The third kappa shape index (κ3) is 3.37. The molecule has 2 fully saturated rings. The van der Waals surface area contributed by atoms with E-state index in [4.69, 9.17) is 11.6 Å². The first-order chi connectivity index (χ1) is 12.5. The van der Waals surface area contributed by atoms with Crippen molar-refractivity contribution in [1.82, 2.24) is 10.2 Å².